The molecule has 114 valence electrons. The monoisotopic (exact) mass is 306 g/mol. The van der Waals surface area contributed by atoms with Crippen molar-refractivity contribution in [3.8, 4) is 5.75 Å². The topological polar surface area (TPSA) is 38.1 Å². The molecule has 1 N–H and O–H groups in total. The lowest BCUT2D eigenvalue weighted by atomic mass is 9.96. The normalized spacial score (nSPS) is 11.3. The van der Waals surface area contributed by atoms with Crippen LogP contribution in [-0.2, 0) is 19.3 Å². The van der Waals surface area contributed by atoms with Gasteiger partial charge in [0.05, 0.1) is 5.02 Å². The predicted molar refractivity (Wildman–Crippen MR) is 87.3 cm³/mol. The van der Waals surface area contributed by atoms with Crippen molar-refractivity contribution >= 4 is 11.6 Å². The first kappa shape index (κ1) is 15.9. The highest BCUT2D eigenvalue weighted by molar-refractivity contribution is 6.32. The molecule has 0 aliphatic carbocycles. The summed E-state index contributed by atoms with van der Waals surface area (Å²) < 4.78 is 2.17. The third-order valence-corrected chi connectivity index (χ3v) is 4.44. The second-order valence-corrected chi connectivity index (χ2v) is 6.05. The smallest absolute Gasteiger partial charge is 0.134 e. The second kappa shape index (κ2) is 6.52. The minimum Gasteiger partial charge on any atom is -0.506 e. The van der Waals surface area contributed by atoms with Crippen LogP contribution < -0.4 is 0 Å². The van der Waals surface area contributed by atoms with Gasteiger partial charge in [0.1, 0.15) is 11.6 Å². The number of imidazole rings is 1. The fraction of sp³-hybridized carbons (Fsp3) is 0.471. The third kappa shape index (κ3) is 3.24. The van der Waals surface area contributed by atoms with Gasteiger partial charge in [-0.25, -0.2) is 4.98 Å². The minimum absolute atomic E-state index is 0.182. The number of phenols is 1. The molecular weight excluding hydrogens is 284 g/mol. The first-order valence-corrected chi connectivity index (χ1v) is 7.85. The molecule has 4 heteroatoms. The largest absolute Gasteiger partial charge is 0.506 e. The first-order valence-electron chi connectivity index (χ1n) is 7.47. The van der Waals surface area contributed by atoms with E-state index in [0.717, 1.165) is 36.2 Å². The zero-order valence-corrected chi connectivity index (χ0v) is 13.9. The van der Waals surface area contributed by atoms with E-state index in [9.17, 15) is 5.11 Å². The van der Waals surface area contributed by atoms with E-state index in [1.54, 1.807) is 6.07 Å². The summed E-state index contributed by atoms with van der Waals surface area (Å²) in [6.45, 7) is 8.46. The molecule has 0 bridgehead atoms. The summed E-state index contributed by atoms with van der Waals surface area (Å²) in [6, 6.07) is 2.17. The van der Waals surface area contributed by atoms with Gasteiger partial charge in [0, 0.05) is 24.9 Å². The van der Waals surface area contributed by atoms with Crippen LogP contribution in [0.4, 0.5) is 0 Å². The maximum atomic E-state index is 9.98. The highest BCUT2D eigenvalue weighted by Crippen LogP contribution is 2.33. The van der Waals surface area contributed by atoms with Gasteiger partial charge in [-0.05, 0) is 56.4 Å². The van der Waals surface area contributed by atoms with Crippen LogP contribution in [0.1, 0.15) is 49.3 Å². The van der Waals surface area contributed by atoms with E-state index in [-0.39, 0.29) is 5.75 Å². The molecule has 0 radical (unpaired) electrons. The molecule has 0 unspecified atom stereocenters. The Morgan fingerprint density at radius 1 is 1.33 bits per heavy atom. The van der Waals surface area contributed by atoms with Crippen molar-refractivity contribution in [2.75, 3.05) is 0 Å². The summed E-state index contributed by atoms with van der Waals surface area (Å²) in [6.07, 6.45) is 6.34. The average molecular weight is 307 g/mol. The molecule has 0 aliphatic rings. The first-order chi connectivity index (χ1) is 9.95. The quantitative estimate of drug-likeness (QED) is 0.884. The highest BCUT2D eigenvalue weighted by Gasteiger charge is 2.14. The number of hydrogen-bond donors (Lipinski definition) is 1. The lowest BCUT2D eigenvalue weighted by Crippen LogP contribution is -2.08. The van der Waals surface area contributed by atoms with Crippen LogP contribution in [0, 0.1) is 6.92 Å². The summed E-state index contributed by atoms with van der Waals surface area (Å²) in [5.41, 5.74) is 3.37. The molecule has 0 aliphatic heterocycles. The molecule has 1 heterocycles. The lowest BCUT2D eigenvalue weighted by Gasteiger charge is -2.15. The summed E-state index contributed by atoms with van der Waals surface area (Å²) in [5.74, 6) is 1.24. The zero-order valence-electron chi connectivity index (χ0n) is 13.2. The van der Waals surface area contributed by atoms with Crippen LogP contribution in [0.5, 0.6) is 5.75 Å². The standard InChI is InChI=1S/C17H23ClN2O/c1-5-13-10-15(21)17(18)14(12(13)4)6-7-16-19-8-9-20(16)11(2)3/h8-11,21H,5-7H2,1-4H3. The third-order valence-electron chi connectivity index (χ3n) is 4.02. The maximum absolute atomic E-state index is 9.98. The van der Waals surface area contributed by atoms with Gasteiger partial charge in [-0.2, -0.15) is 0 Å². The second-order valence-electron chi connectivity index (χ2n) is 5.67. The molecule has 1 aromatic heterocycles. The number of aryl methyl sites for hydroxylation is 2. The van der Waals surface area contributed by atoms with Crippen molar-refractivity contribution in [1.82, 2.24) is 9.55 Å². The highest BCUT2D eigenvalue weighted by atomic mass is 35.5. The number of rotatable bonds is 5. The van der Waals surface area contributed by atoms with E-state index in [1.165, 1.54) is 5.56 Å². The number of phenolic OH excluding ortho intramolecular Hbond substituents is 1. The van der Waals surface area contributed by atoms with E-state index >= 15 is 0 Å². The number of nitrogens with zero attached hydrogens (tertiary/aromatic N) is 2. The Morgan fingerprint density at radius 3 is 2.67 bits per heavy atom. The number of benzene rings is 1. The Kier molecular flexibility index (Phi) is 4.94. The van der Waals surface area contributed by atoms with E-state index in [4.69, 9.17) is 11.6 Å². The molecule has 3 nitrogen and oxygen atoms in total. The minimum atomic E-state index is 0.182. The Labute approximate surface area is 131 Å². The van der Waals surface area contributed by atoms with E-state index < -0.39 is 0 Å². The molecule has 2 rings (SSSR count). The van der Waals surface area contributed by atoms with Crippen LogP contribution >= 0.6 is 11.6 Å². The number of hydrogen-bond acceptors (Lipinski definition) is 2. The predicted octanol–water partition coefficient (Wildman–Crippen LogP) is 4.48. The van der Waals surface area contributed by atoms with E-state index in [2.05, 4.69) is 37.2 Å². The van der Waals surface area contributed by atoms with Gasteiger partial charge in [0.2, 0.25) is 0 Å². The lowest BCUT2D eigenvalue weighted by molar-refractivity contribution is 0.473. The van der Waals surface area contributed by atoms with Crippen molar-refractivity contribution in [3.63, 3.8) is 0 Å². The molecule has 1 aromatic carbocycles. The SMILES string of the molecule is CCc1cc(O)c(Cl)c(CCc2nccn2C(C)C)c1C. The Morgan fingerprint density at radius 2 is 2.05 bits per heavy atom. The summed E-state index contributed by atoms with van der Waals surface area (Å²) >= 11 is 6.29. The molecule has 0 saturated heterocycles. The van der Waals surface area contributed by atoms with Crippen molar-refractivity contribution in [2.24, 2.45) is 0 Å². The van der Waals surface area contributed by atoms with Crippen LogP contribution in [0.3, 0.4) is 0 Å². The fourth-order valence-electron chi connectivity index (χ4n) is 2.76. The van der Waals surface area contributed by atoms with Crippen LogP contribution in [0.15, 0.2) is 18.5 Å². The molecule has 0 fully saturated rings. The molecule has 0 amide bonds. The zero-order chi connectivity index (χ0) is 15.6. The van der Waals surface area contributed by atoms with Crippen molar-refractivity contribution in [1.29, 1.82) is 0 Å². The molecule has 0 saturated carbocycles. The molecule has 0 atom stereocenters. The van der Waals surface area contributed by atoms with Gasteiger partial charge in [-0.15, -0.1) is 0 Å². The summed E-state index contributed by atoms with van der Waals surface area (Å²) in [7, 11) is 0. The van der Waals surface area contributed by atoms with Gasteiger partial charge in [0.15, 0.2) is 0 Å². The Hall–Kier alpha value is -1.48. The van der Waals surface area contributed by atoms with Crippen molar-refractivity contribution in [2.45, 2.75) is 53.0 Å². The van der Waals surface area contributed by atoms with Crippen molar-refractivity contribution < 1.29 is 5.11 Å². The number of halogens is 1. The van der Waals surface area contributed by atoms with Gasteiger partial charge in [-0.1, -0.05) is 18.5 Å². The fourth-order valence-corrected chi connectivity index (χ4v) is 3.05. The van der Waals surface area contributed by atoms with Crippen LogP contribution in [0.25, 0.3) is 0 Å². The van der Waals surface area contributed by atoms with Crippen LogP contribution in [0.2, 0.25) is 5.02 Å². The van der Waals surface area contributed by atoms with Gasteiger partial charge in [0.25, 0.3) is 0 Å². The Bertz CT molecular complexity index is 632. The van der Waals surface area contributed by atoms with E-state index in [1.807, 2.05) is 12.4 Å². The van der Waals surface area contributed by atoms with Gasteiger partial charge < -0.3 is 9.67 Å². The summed E-state index contributed by atoms with van der Waals surface area (Å²) in [5, 5.41) is 10.5. The average Bonchev–Trinajstić information content (AvgIpc) is 2.91. The van der Waals surface area contributed by atoms with Crippen molar-refractivity contribution in [3.05, 3.63) is 46.0 Å². The Balaban J connectivity index is 2.28. The number of aromatic hydroxyl groups is 1. The van der Waals surface area contributed by atoms with Crippen LogP contribution in [-0.4, -0.2) is 14.7 Å². The molecular formula is C17H23ClN2O. The molecule has 2 aromatic rings. The molecule has 21 heavy (non-hydrogen) atoms. The van der Waals surface area contributed by atoms with Gasteiger partial charge in [-0.3, -0.25) is 0 Å². The number of aromatic nitrogens is 2. The molecule has 0 spiro atoms. The van der Waals surface area contributed by atoms with E-state index in [0.29, 0.717) is 11.1 Å². The summed E-state index contributed by atoms with van der Waals surface area (Å²) in [4.78, 5) is 4.43. The maximum Gasteiger partial charge on any atom is 0.134 e. The van der Waals surface area contributed by atoms with Gasteiger partial charge >= 0.3 is 0 Å².